The molecule has 1 heterocycles. The molecular weight excluding hydrogens is 454 g/mol. The van der Waals surface area contributed by atoms with Crippen molar-refractivity contribution >= 4 is 49.7 Å². The Morgan fingerprint density at radius 2 is 1.89 bits per heavy atom. The van der Waals surface area contributed by atoms with E-state index in [1.165, 1.54) is 45.9 Å². The van der Waals surface area contributed by atoms with E-state index in [2.05, 4.69) is 66.0 Å². The summed E-state index contributed by atoms with van der Waals surface area (Å²) in [5.41, 5.74) is 11.0. The first-order valence-corrected chi connectivity index (χ1v) is 12.9. The van der Waals surface area contributed by atoms with E-state index in [0.717, 1.165) is 27.8 Å². The summed E-state index contributed by atoms with van der Waals surface area (Å²) in [5, 5.41) is 13.8. The largest absolute Gasteiger partial charge is 0.462 e. The summed E-state index contributed by atoms with van der Waals surface area (Å²) in [6.45, 7) is 2.43. The van der Waals surface area contributed by atoms with Gasteiger partial charge in [-0.25, -0.2) is 4.79 Å². The zero-order valence-corrected chi connectivity index (χ0v) is 20.6. The number of thiophene rings is 1. The molecular formula is C29H29N3O2S. The molecule has 1 aliphatic rings. The van der Waals surface area contributed by atoms with Crippen LogP contribution < -0.4 is 11.1 Å². The van der Waals surface area contributed by atoms with Crippen molar-refractivity contribution in [2.75, 3.05) is 6.61 Å². The van der Waals surface area contributed by atoms with Gasteiger partial charge in [0.05, 0.1) is 18.7 Å². The number of rotatable bonds is 6. The Morgan fingerprint density at radius 3 is 2.66 bits per heavy atom. The number of carbonyl (C=O) groups excluding carboxylic acids is 1. The van der Waals surface area contributed by atoms with Crippen molar-refractivity contribution in [3.63, 3.8) is 0 Å². The molecule has 1 aliphatic carbocycles. The molecule has 0 atom stereocenters. The SMILES string of the molecule is CCOC(=O)c1c(CNC(=N)N)sc2cc(-c3cccc4ccccc34)c(C3=CCCCC3)cc12. The lowest BCUT2D eigenvalue weighted by Crippen LogP contribution is -2.29. The van der Waals surface area contributed by atoms with Crippen molar-refractivity contribution in [3.05, 3.63) is 76.7 Å². The van der Waals surface area contributed by atoms with E-state index in [-0.39, 0.29) is 11.9 Å². The molecule has 0 unspecified atom stereocenters. The quantitative estimate of drug-likeness (QED) is 0.159. The summed E-state index contributed by atoms with van der Waals surface area (Å²) >= 11 is 1.55. The van der Waals surface area contributed by atoms with E-state index in [0.29, 0.717) is 18.7 Å². The minimum atomic E-state index is -0.333. The number of esters is 1. The van der Waals surface area contributed by atoms with E-state index in [9.17, 15) is 4.79 Å². The van der Waals surface area contributed by atoms with E-state index < -0.39 is 0 Å². The van der Waals surface area contributed by atoms with Crippen LogP contribution in [-0.4, -0.2) is 18.5 Å². The standard InChI is InChI=1S/C29H29N3O2S/c1-2-34-28(33)27-24-15-22(19-9-4-3-5-10-19)23(16-25(24)35-26(27)17-32-29(30)31)21-14-8-12-18-11-6-7-13-20(18)21/h6-9,11-16H,2-5,10,17H2,1H3,(H4,30,31,32). The summed E-state index contributed by atoms with van der Waals surface area (Å²) in [6, 6.07) is 19.3. The summed E-state index contributed by atoms with van der Waals surface area (Å²) in [4.78, 5) is 13.9. The van der Waals surface area contributed by atoms with Crippen molar-refractivity contribution in [1.29, 1.82) is 5.41 Å². The molecule has 0 bridgehead atoms. The van der Waals surface area contributed by atoms with Crippen molar-refractivity contribution in [2.45, 2.75) is 39.2 Å². The molecule has 0 aliphatic heterocycles. The molecule has 35 heavy (non-hydrogen) atoms. The lowest BCUT2D eigenvalue weighted by Gasteiger charge is -2.19. The average molecular weight is 484 g/mol. The van der Waals surface area contributed by atoms with Crippen molar-refractivity contribution in [3.8, 4) is 11.1 Å². The number of nitrogens with one attached hydrogen (secondary N) is 2. The van der Waals surface area contributed by atoms with Gasteiger partial charge in [-0.1, -0.05) is 48.5 Å². The van der Waals surface area contributed by atoms with Crippen LogP contribution in [0.1, 0.15) is 53.4 Å². The Labute approximate surface area is 209 Å². The zero-order valence-electron chi connectivity index (χ0n) is 19.8. The van der Waals surface area contributed by atoms with Crippen molar-refractivity contribution in [1.82, 2.24) is 5.32 Å². The van der Waals surface area contributed by atoms with Gasteiger partial charge < -0.3 is 15.8 Å². The molecule has 0 spiro atoms. The number of allylic oxidation sites excluding steroid dienone is 2. The first-order valence-electron chi connectivity index (χ1n) is 12.1. The lowest BCUT2D eigenvalue weighted by atomic mass is 9.86. The van der Waals surface area contributed by atoms with Gasteiger partial charge in [-0.3, -0.25) is 5.41 Å². The third-order valence-corrected chi connectivity index (χ3v) is 7.69. The van der Waals surface area contributed by atoms with Crippen LogP contribution in [-0.2, 0) is 11.3 Å². The molecule has 1 aromatic heterocycles. The fraction of sp³-hybridized carbons (Fsp3) is 0.241. The molecule has 0 fully saturated rings. The number of nitrogens with two attached hydrogens (primary N) is 1. The van der Waals surface area contributed by atoms with E-state index in [1.807, 2.05) is 6.92 Å². The van der Waals surface area contributed by atoms with Crippen LogP contribution in [0.2, 0.25) is 0 Å². The van der Waals surface area contributed by atoms with Gasteiger partial charge in [0.15, 0.2) is 5.96 Å². The molecule has 178 valence electrons. The summed E-state index contributed by atoms with van der Waals surface area (Å²) in [5.74, 6) is -0.456. The minimum absolute atomic E-state index is 0.123. The molecule has 6 heteroatoms. The maximum atomic E-state index is 13.1. The molecule has 4 N–H and O–H groups in total. The first-order chi connectivity index (χ1) is 17.1. The monoisotopic (exact) mass is 483 g/mol. The second kappa shape index (κ2) is 9.92. The number of benzene rings is 3. The average Bonchev–Trinajstić information content (AvgIpc) is 3.24. The molecule has 0 saturated carbocycles. The Hall–Kier alpha value is -3.64. The predicted octanol–water partition coefficient (Wildman–Crippen LogP) is 6.84. The Morgan fingerprint density at radius 1 is 1.06 bits per heavy atom. The van der Waals surface area contributed by atoms with E-state index in [4.69, 9.17) is 15.9 Å². The fourth-order valence-corrected chi connectivity index (χ4v) is 6.11. The van der Waals surface area contributed by atoms with Crippen molar-refractivity contribution < 1.29 is 9.53 Å². The molecule has 4 aromatic rings. The fourth-order valence-electron chi connectivity index (χ4n) is 4.95. The van der Waals surface area contributed by atoms with Crippen LogP contribution in [0.3, 0.4) is 0 Å². The highest BCUT2D eigenvalue weighted by Crippen LogP contribution is 2.43. The Balaban J connectivity index is 1.79. The van der Waals surface area contributed by atoms with Gasteiger partial charge in [0.1, 0.15) is 0 Å². The number of ether oxygens (including phenoxy) is 1. The second-order valence-electron chi connectivity index (χ2n) is 8.78. The van der Waals surface area contributed by atoms with Crippen LogP contribution >= 0.6 is 11.3 Å². The third-order valence-electron chi connectivity index (χ3n) is 6.54. The second-order valence-corrected chi connectivity index (χ2v) is 9.92. The zero-order chi connectivity index (χ0) is 24.4. The van der Waals surface area contributed by atoms with Crippen LogP contribution in [0.5, 0.6) is 0 Å². The molecule has 0 radical (unpaired) electrons. The molecule has 0 saturated heterocycles. The molecule has 5 rings (SSSR count). The number of carbonyl (C=O) groups is 1. The summed E-state index contributed by atoms with van der Waals surface area (Å²) in [7, 11) is 0. The number of hydrogen-bond donors (Lipinski definition) is 3. The highest BCUT2D eigenvalue weighted by atomic mass is 32.1. The lowest BCUT2D eigenvalue weighted by molar-refractivity contribution is 0.0528. The van der Waals surface area contributed by atoms with Gasteiger partial charge in [-0.05, 0) is 77.8 Å². The molecule has 3 aromatic carbocycles. The van der Waals surface area contributed by atoms with E-state index in [1.54, 1.807) is 11.3 Å². The van der Waals surface area contributed by atoms with Gasteiger partial charge in [-0.2, -0.15) is 0 Å². The van der Waals surface area contributed by atoms with Gasteiger partial charge in [0.2, 0.25) is 0 Å². The number of guanidine groups is 1. The van der Waals surface area contributed by atoms with Crippen molar-refractivity contribution in [2.24, 2.45) is 5.73 Å². The van der Waals surface area contributed by atoms with Gasteiger partial charge >= 0.3 is 5.97 Å². The first kappa shape index (κ1) is 23.1. The van der Waals surface area contributed by atoms with Gasteiger partial charge in [0.25, 0.3) is 0 Å². The maximum Gasteiger partial charge on any atom is 0.339 e. The normalized spacial score (nSPS) is 13.6. The Bertz CT molecular complexity index is 1460. The van der Waals surface area contributed by atoms with Gasteiger partial charge in [-0.15, -0.1) is 11.3 Å². The van der Waals surface area contributed by atoms with Crippen LogP contribution in [0, 0.1) is 5.41 Å². The third kappa shape index (κ3) is 4.54. The Kier molecular flexibility index (Phi) is 6.55. The summed E-state index contributed by atoms with van der Waals surface area (Å²) < 4.78 is 6.46. The smallest absolute Gasteiger partial charge is 0.339 e. The highest BCUT2D eigenvalue weighted by molar-refractivity contribution is 7.19. The molecule has 0 amide bonds. The van der Waals surface area contributed by atoms with Crippen LogP contribution in [0.15, 0.2) is 60.7 Å². The molecule has 5 nitrogen and oxygen atoms in total. The summed E-state index contributed by atoms with van der Waals surface area (Å²) in [6.07, 6.45) is 6.84. The van der Waals surface area contributed by atoms with Gasteiger partial charge in [0, 0.05) is 15.0 Å². The van der Waals surface area contributed by atoms with Crippen LogP contribution in [0.4, 0.5) is 0 Å². The highest BCUT2D eigenvalue weighted by Gasteiger charge is 2.23. The maximum absolute atomic E-state index is 13.1. The van der Waals surface area contributed by atoms with Crippen LogP contribution in [0.25, 0.3) is 37.6 Å². The predicted molar refractivity (Wildman–Crippen MR) is 146 cm³/mol. The number of fused-ring (bicyclic) bond motifs is 2. The minimum Gasteiger partial charge on any atom is -0.462 e. The van der Waals surface area contributed by atoms with E-state index >= 15 is 0 Å². The number of hydrogen-bond acceptors (Lipinski definition) is 4. The topological polar surface area (TPSA) is 88.2 Å².